The van der Waals surface area contributed by atoms with E-state index in [2.05, 4.69) is 0 Å². The van der Waals surface area contributed by atoms with Gasteiger partial charge >= 0.3 is 5.63 Å². The number of rotatable bonds is 5. The molecule has 0 aliphatic carbocycles. The molecule has 0 unspecified atom stereocenters. The zero-order valence-corrected chi connectivity index (χ0v) is 14.4. The number of fused-ring (bicyclic) bond motifs is 1. The minimum Gasteiger partial charge on any atom is -0.497 e. The summed E-state index contributed by atoms with van der Waals surface area (Å²) in [5.74, 6) is 0.937. The first-order valence-electron chi connectivity index (χ1n) is 7.52. The fourth-order valence-corrected chi connectivity index (χ4v) is 2.55. The SMILES string of the molecule is COc1ccc(C(=O)COc2ccc3c(C)c(Cl)c(=O)oc3c2)cc1. The Bertz CT molecular complexity index is 989. The van der Waals surface area contributed by atoms with Gasteiger partial charge in [-0.3, -0.25) is 4.79 Å². The highest BCUT2D eigenvalue weighted by Crippen LogP contribution is 2.26. The topological polar surface area (TPSA) is 65.7 Å². The molecule has 0 aliphatic heterocycles. The van der Waals surface area contributed by atoms with E-state index in [1.54, 1.807) is 56.5 Å². The van der Waals surface area contributed by atoms with Crippen molar-refractivity contribution in [3.05, 3.63) is 69.0 Å². The van der Waals surface area contributed by atoms with Gasteiger partial charge in [0.25, 0.3) is 0 Å². The van der Waals surface area contributed by atoms with E-state index in [1.165, 1.54) is 0 Å². The minimum atomic E-state index is -0.599. The van der Waals surface area contributed by atoms with Crippen LogP contribution in [0.4, 0.5) is 0 Å². The van der Waals surface area contributed by atoms with Crippen molar-refractivity contribution < 1.29 is 18.7 Å². The molecule has 3 aromatic rings. The summed E-state index contributed by atoms with van der Waals surface area (Å²) < 4.78 is 15.7. The molecule has 0 radical (unpaired) electrons. The Kier molecular flexibility index (Phi) is 4.76. The van der Waals surface area contributed by atoms with E-state index in [-0.39, 0.29) is 17.4 Å². The predicted molar refractivity (Wildman–Crippen MR) is 95.1 cm³/mol. The molecule has 2 aromatic carbocycles. The summed E-state index contributed by atoms with van der Waals surface area (Å²) in [7, 11) is 1.56. The summed E-state index contributed by atoms with van der Waals surface area (Å²) in [6.07, 6.45) is 0. The standard InChI is InChI=1S/C19H15ClO5/c1-11-15-8-7-14(9-17(15)25-19(22)18(11)20)24-10-16(21)12-3-5-13(23-2)6-4-12/h3-9H,10H2,1-2H3. The molecule has 0 bridgehead atoms. The number of hydrogen-bond donors (Lipinski definition) is 0. The van der Waals surface area contributed by atoms with E-state index in [0.717, 1.165) is 5.39 Å². The van der Waals surface area contributed by atoms with Gasteiger partial charge in [-0.1, -0.05) is 11.6 Å². The van der Waals surface area contributed by atoms with Crippen LogP contribution in [0.1, 0.15) is 15.9 Å². The Labute approximate surface area is 148 Å². The fraction of sp³-hybridized carbons (Fsp3) is 0.158. The number of ketones is 1. The lowest BCUT2D eigenvalue weighted by Gasteiger charge is -2.08. The van der Waals surface area contributed by atoms with E-state index < -0.39 is 5.63 Å². The van der Waals surface area contributed by atoms with Crippen LogP contribution in [-0.4, -0.2) is 19.5 Å². The first-order valence-corrected chi connectivity index (χ1v) is 7.90. The zero-order valence-electron chi connectivity index (χ0n) is 13.7. The van der Waals surface area contributed by atoms with Gasteiger partial charge in [0.15, 0.2) is 12.4 Å². The number of carbonyl (C=O) groups is 1. The van der Waals surface area contributed by atoms with E-state index in [0.29, 0.717) is 28.2 Å². The average molecular weight is 359 g/mol. The number of methoxy groups -OCH3 is 1. The highest BCUT2D eigenvalue weighted by Gasteiger charge is 2.11. The van der Waals surface area contributed by atoms with Crippen LogP contribution in [-0.2, 0) is 0 Å². The third kappa shape index (κ3) is 3.51. The predicted octanol–water partition coefficient (Wildman–Crippen LogP) is 4.03. The maximum Gasteiger partial charge on any atom is 0.355 e. The normalized spacial score (nSPS) is 10.7. The van der Waals surface area contributed by atoms with Gasteiger partial charge in [-0.25, -0.2) is 4.79 Å². The van der Waals surface area contributed by atoms with Gasteiger partial charge in [-0.05, 0) is 48.9 Å². The molecule has 6 heteroatoms. The van der Waals surface area contributed by atoms with Gasteiger partial charge in [0.1, 0.15) is 22.1 Å². The molecule has 0 N–H and O–H groups in total. The van der Waals surface area contributed by atoms with Crippen molar-refractivity contribution in [2.45, 2.75) is 6.92 Å². The number of ether oxygens (including phenoxy) is 2. The van der Waals surface area contributed by atoms with E-state index >= 15 is 0 Å². The molecule has 0 fully saturated rings. The van der Waals surface area contributed by atoms with Crippen LogP contribution < -0.4 is 15.1 Å². The van der Waals surface area contributed by atoms with Crippen LogP contribution in [0, 0.1) is 6.92 Å². The largest absolute Gasteiger partial charge is 0.497 e. The molecule has 1 aromatic heterocycles. The van der Waals surface area contributed by atoms with Gasteiger partial charge in [-0.2, -0.15) is 0 Å². The molecule has 128 valence electrons. The second-order valence-corrected chi connectivity index (χ2v) is 5.80. The Balaban J connectivity index is 1.77. The summed E-state index contributed by atoms with van der Waals surface area (Å²) in [5.41, 5.74) is 0.934. The van der Waals surface area contributed by atoms with Crippen molar-refractivity contribution in [1.82, 2.24) is 0 Å². The molecule has 5 nitrogen and oxygen atoms in total. The first kappa shape index (κ1) is 17.0. The first-order chi connectivity index (χ1) is 12.0. The third-order valence-corrected chi connectivity index (χ3v) is 4.29. The molecule has 3 rings (SSSR count). The fourth-order valence-electron chi connectivity index (χ4n) is 2.41. The molecular formula is C19H15ClO5. The Morgan fingerprint density at radius 2 is 1.80 bits per heavy atom. The van der Waals surface area contributed by atoms with E-state index in [4.69, 9.17) is 25.5 Å². The van der Waals surface area contributed by atoms with Crippen LogP contribution in [0.15, 0.2) is 51.7 Å². The number of aryl methyl sites for hydroxylation is 1. The summed E-state index contributed by atoms with van der Waals surface area (Å²) in [5, 5.41) is 0.786. The highest BCUT2D eigenvalue weighted by atomic mass is 35.5. The average Bonchev–Trinajstić information content (AvgIpc) is 2.64. The van der Waals surface area contributed by atoms with Crippen LogP contribution in [0.25, 0.3) is 11.0 Å². The molecule has 1 heterocycles. The van der Waals surface area contributed by atoms with Crippen molar-refractivity contribution >= 4 is 28.4 Å². The van der Waals surface area contributed by atoms with Crippen LogP contribution in [0.2, 0.25) is 5.02 Å². The molecule has 0 atom stereocenters. The summed E-state index contributed by atoms with van der Waals surface area (Å²) in [4.78, 5) is 23.8. The lowest BCUT2D eigenvalue weighted by atomic mass is 10.1. The monoisotopic (exact) mass is 358 g/mol. The highest BCUT2D eigenvalue weighted by molar-refractivity contribution is 6.31. The van der Waals surface area contributed by atoms with Crippen molar-refractivity contribution in [3.8, 4) is 11.5 Å². The van der Waals surface area contributed by atoms with Gasteiger partial charge in [-0.15, -0.1) is 0 Å². The molecule has 25 heavy (non-hydrogen) atoms. The maximum atomic E-state index is 12.2. The van der Waals surface area contributed by atoms with Crippen molar-refractivity contribution in [1.29, 1.82) is 0 Å². The third-order valence-electron chi connectivity index (χ3n) is 3.85. The van der Waals surface area contributed by atoms with E-state index in [1.807, 2.05) is 0 Å². The van der Waals surface area contributed by atoms with Crippen LogP contribution >= 0.6 is 11.6 Å². The molecule has 0 aliphatic rings. The lowest BCUT2D eigenvalue weighted by Crippen LogP contribution is -2.11. The Morgan fingerprint density at radius 1 is 1.12 bits per heavy atom. The van der Waals surface area contributed by atoms with Crippen molar-refractivity contribution in [3.63, 3.8) is 0 Å². The van der Waals surface area contributed by atoms with Crippen LogP contribution in [0.5, 0.6) is 11.5 Å². The van der Waals surface area contributed by atoms with Gasteiger partial charge in [0.2, 0.25) is 0 Å². The van der Waals surface area contributed by atoms with Gasteiger partial charge in [0.05, 0.1) is 7.11 Å². The number of carbonyl (C=O) groups excluding carboxylic acids is 1. The second-order valence-electron chi connectivity index (χ2n) is 5.43. The smallest absolute Gasteiger partial charge is 0.355 e. The summed E-state index contributed by atoms with van der Waals surface area (Å²) >= 11 is 5.90. The minimum absolute atomic E-state index is 0.0656. The molecule has 0 amide bonds. The summed E-state index contributed by atoms with van der Waals surface area (Å²) in [6, 6.07) is 11.8. The molecule has 0 spiro atoms. The number of Topliss-reactive ketones (excluding diaryl/α,β-unsaturated/α-hetero) is 1. The van der Waals surface area contributed by atoms with Crippen molar-refractivity contribution in [2.24, 2.45) is 0 Å². The maximum absolute atomic E-state index is 12.2. The van der Waals surface area contributed by atoms with Gasteiger partial charge < -0.3 is 13.9 Å². The lowest BCUT2D eigenvalue weighted by molar-refractivity contribution is 0.0921. The Morgan fingerprint density at radius 3 is 2.48 bits per heavy atom. The second kappa shape index (κ2) is 6.99. The molecule has 0 saturated carbocycles. The quantitative estimate of drug-likeness (QED) is 0.509. The van der Waals surface area contributed by atoms with Crippen molar-refractivity contribution in [2.75, 3.05) is 13.7 Å². The molecule has 0 saturated heterocycles. The molecular weight excluding hydrogens is 344 g/mol. The number of hydrogen-bond acceptors (Lipinski definition) is 5. The number of halogens is 1. The Hall–Kier alpha value is -2.79. The van der Waals surface area contributed by atoms with Gasteiger partial charge in [0, 0.05) is 17.0 Å². The van der Waals surface area contributed by atoms with Crippen LogP contribution in [0.3, 0.4) is 0 Å². The zero-order chi connectivity index (χ0) is 18.0. The summed E-state index contributed by atoms with van der Waals surface area (Å²) in [6.45, 7) is 1.62. The number of benzene rings is 2. The van der Waals surface area contributed by atoms with E-state index in [9.17, 15) is 9.59 Å².